The quantitative estimate of drug-likeness (QED) is 0.848. The third kappa shape index (κ3) is 2.43. The summed E-state index contributed by atoms with van der Waals surface area (Å²) in [7, 11) is 0. The molecule has 0 saturated heterocycles. The molecule has 16 heavy (non-hydrogen) atoms. The highest BCUT2D eigenvalue weighted by Gasteiger charge is 2.38. The van der Waals surface area contributed by atoms with Crippen LogP contribution in [0.4, 0.5) is 0 Å². The average Bonchev–Trinajstić information content (AvgIpc) is 2.59. The van der Waals surface area contributed by atoms with E-state index < -0.39 is 0 Å². The number of nitrogens with zero attached hydrogens (tertiary/aromatic N) is 1. The van der Waals surface area contributed by atoms with Gasteiger partial charge in [-0.3, -0.25) is 4.98 Å². The molecule has 1 aromatic rings. The molecule has 0 aromatic carbocycles. The molecular weight excluding hydrogens is 198 g/mol. The number of pyridine rings is 1. The van der Waals surface area contributed by atoms with E-state index >= 15 is 0 Å². The molecule has 2 unspecified atom stereocenters. The molecule has 1 aliphatic rings. The van der Waals surface area contributed by atoms with E-state index in [0.717, 1.165) is 18.4 Å². The minimum atomic E-state index is -0.221. The molecule has 1 fully saturated rings. The van der Waals surface area contributed by atoms with Crippen molar-refractivity contribution in [2.45, 2.75) is 45.6 Å². The summed E-state index contributed by atoms with van der Waals surface area (Å²) in [6.45, 7) is 4.55. The Balaban J connectivity index is 2.01. The summed E-state index contributed by atoms with van der Waals surface area (Å²) >= 11 is 0. The third-order valence-corrected chi connectivity index (χ3v) is 3.97. The van der Waals surface area contributed by atoms with E-state index in [-0.39, 0.29) is 6.10 Å². The Kier molecular flexibility index (Phi) is 3.29. The van der Waals surface area contributed by atoms with E-state index in [1.165, 1.54) is 12.8 Å². The first kappa shape index (κ1) is 11.6. The van der Waals surface area contributed by atoms with Crippen LogP contribution >= 0.6 is 0 Å². The van der Waals surface area contributed by atoms with Crippen LogP contribution in [0.15, 0.2) is 24.5 Å². The molecule has 1 heterocycles. The zero-order valence-electron chi connectivity index (χ0n) is 10.2. The fourth-order valence-electron chi connectivity index (χ4n) is 2.97. The predicted molar refractivity (Wildman–Crippen MR) is 65.1 cm³/mol. The molecule has 1 aliphatic carbocycles. The normalized spacial score (nSPS) is 25.6. The summed E-state index contributed by atoms with van der Waals surface area (Å²) in [5.74, 6) is 0.438. The van der Waals surface area contributed by atoms with Crippen LogP contribution in [-0.2, 0) is 6.42 Å². The predicted octanol–water partition coefficient (Wildman–Crippen LogP) is 2.81. The molecule has 0 aliphatic heterocycles. The summed E-state index contributed by atoms with van der Waals surface area (Å²) in [5, 5.41) is 10.3. The molecule has 0 radical (unpaired) electrons. The maximum Gasteiger partial charge on any atom is 0.0614 e. The minimum Gasteiger partial charge on any atom is -0.392 e. The molecule has 0 spiro atoms. The Morgan fingerprint density at radius 3 is 2.94 bits per heavy atom. The number of aliphatic hydroxyl groups is 1. The van der Waals surface area contributed by atoms with Crippen molar-refractivity contribution in [2.75, 3.05) is 0 Å². The van der Waals surface area contributed by atoms with Gasteiger partial charge in [-0.15, -0.1) is 0 Å². The van der Waals surface area contributed by atoms with Gasteiger partial charge >= 0.3 is 0 Å². The molecule has 0 amide bonds. The second-order valence-corrected chi connectivity index (χ2v) is 5.62. The molecule has 2 rings (SSSR count). The van der Waals surface area contributed by atoms with Crippen LogP contribution in [0, 0.1) is 11.3 Å². The molecule has 88 valence electrons. The summed E-state index contributed by atoms with van der Waals surface area (Å²) in [6.07, 6.45) is 7.79. The summed E-state index contributed by atoms with van der Waals surface area (Å²) in [5.41, 5.74) is 1.43. The smallest absolute Gasteiger partial charge is 0.0614 e. The Morgan fingerprint density at radius 1 is 1.56 bits per heavy atom. The Labute approximate surface area is 97.7 Å². The highest BCUT2D eigenvalue weighted by atomic mass is 16.3. The number of hydrogen-bond acceptors (Lipinski definition) is 2. The van der Waals surface area contributed by atoms with Crippen molar-refractivity contribution in [1.29, 1.82) is 0 Å². The maximum atomic E-state index is 10.3. The molecule has 2 heteroatoms. The lowest BCUT2D eigenvalue weighted by Gasteiger charge is -2.31. The third-order valence-electron chi connectivity index (χ3n) is 3.97. The van der Waals surface area contributed by atoms with Crippen molar-refractivity contribution in [3.8, 4) is 0 Å². The molecule has 2 nitrogen and oxygen atoms in total. The lowest BCUT2D eigenvalue weighted by atomic mass is 9.77. The number of hydrogen-bond donors (Lipinski definition) is 1. The number of rotatable bonds is 3. The van der Waals surface area contributed by atoms with Crippen LogP contribution in [0.1, 0.15) is 38.7 Å². The van der Waals surface area contributed by atoms with E-state index in [4.69, 9.17) is 0 Å². The van der Waals surface area contributed by atoms with Crippen LogP contribution < -0.4 is 0 Å². The molecular formula is C14H21NO. The van der Waals surface area contributed by atoms with Crippen molar-refractivity contribution in [3.05, 3.63) is 30.1 Å². The van der Waals surface area contributed by atoms with E-state index in [2.05, 4.69) is 18.8 Å². The lowest BCUT2D eigenvalue weighted by Crippen LogP contribution is -2.31. The van der Waals surface area contributed by atoms with Gasteiger partial charge in [0.25, 0.3) is 0 Å². The standard InChI is InChI=1S/C14H21NO/c1-14(2)7-3-6-12(14)13(16)9-11-5-4-8-15-10-11/h4-5,8,10,12-13,16H,3,6-7,9H2,1-2H3. The van der Waals surface area contributed by atoms with Crippen molar-refractivity contribution in [2.24, 2.45) is 11.3 Å². The van der Waals surface area contributed by atoms with Crippen LogP contribution in [-0.4, -0.2) is 16.2 Å². The average molecular weight is 219 g/mol. The van der Waals surface area contributed by atoms with Gasteiger partial charge in [0.15, 0.2) is 0 Å². The Bertz CT molecular complexity index is 334. The van der Waals surface area contributed by atoms with E-state index in [0.29, 0.717) is 11.3 Å². The highest BCUT2D eigenvalue weighted by Crippen LogP contribution is 2.44. The van der Waals surface area contributed by atoms with Crippen LogP contribution in [0.3, 0.4) is 0 Å². The number of aliphatic hydroxyl groups excluding tert-OH is 1. The second kappa shape index (κ2) is 4.54. The monoisotopic (exact) mass is 219 g/mol. The molecule has 2 atom stereocenters. The van der Waals surface area contributed by atoms with Gasteiger partial charge in [0, 0.05) is 18.8 Å². The van der Waals surface area contributed by atoms with Crippen molar-refractivity contribution in [1.82, 2.24) is 4.98 Å². The van der Waals surface area contributed by atoms with Gasteiger partial charge in [-0.05, 0) is 35.8 Å². The lowest BCUT2D eigenvalue weighted by molar-refractivity contribution is 0.0542. The highest BCUT2D eigenvalue weighted by molar-refractivity contribution is 5.10. The van der Waals surface area contributed by atoms with Gasteiger partial charge in [0.05, 0.1) is 6.10 Å². The zero-order valence-corrected chi connectivity index (χ0v) is 10.2. The van der Waals surface area contributed by atoms with E-state index in [1.54, 1.807) is 6.20 Å². The fourth-order valence-corrected chi connectivity index (χ4v) is 2.97. The zero-order chi connectivity index (χ0) is 11.6. The minimum absolute atomic E-state index is 0.221. The van der Waals surface area contributed by atoms with E-state index in [9.17, 15) is 5.11 Å². The topological polar surface area (TPSA) is 33.1 Å². The van der Waals surface area contributed by atoms with E-state index in [1.807, 2.05) is 18.3 Å². The van der Waals surface area contributed by atoms with Crippen LogP contribution in [0.5, 0.6) is 0 Å². The molecule has 0 bridgehead atoms. The van der Waals surface area contributed by atoms with Crippen LogP contribution in [0.2, 0.25) is 0 Å². The first-order chi connectivity index (χ1) is 7.59. The van der Waals surface area contributed by atoms with Crippen molar-refractivity contribution in [3.63, 3.8) is 0 Å². The summed E-state index contributed by atoms with van der Waals surface area (Å²) in [6, 6.07) is 3.97. The van der Waals surface area contributed by atoms with Crippen molar-refractivity contribution >= 4 is 0 Å². The van der Waals surface area contributed by atoms with Gasteiger partial charge in [0.2, 0.25) is 0 Å². The largest absolute Gasteiger partial charge is 0.392 e. The van der Waals surface area contributed by atoms with Gasteiger partial charge in [-0.25, -0.2) is 0 Å². The Morgan fingerprint density at radius 2 is 2.38 bits per heavy atom. The molecule has 1 saturated carbocycles. The van der Waals surface area contributed by atoms with Gasteiger partial charge in [-0.1, -0.05) is 26.3 Å². The maximum absolute atomic E-state index is 10.3. The number of aromatic nitrogens is 1. The summed E-state index contributed by atoms with van der Waals surface area (Å²) < 4.78 is 0. The summed E-state index contributed by atoms with van der Waals surface area (Å²) in [4.78, 5) is 4.09. The fraction of sp³-hybridized carbons (Fsp3) is 0.643. The second-order valence-electron chi connectivity index (χ2n) is 5.62. The SMILES string of the molecule is CC1(C)CCCC1C(O)Cc1cccnc1. The van der Waals surface area contributed by atoms with Gasteiger partial charge < -0.3 is 5.11 Å². The first-order valence-corrected chi connectivity index (χ1v) is 6.16. The first-order valence-electron chi connectivity index (χ1n) is 6.16. The van der Waals surface area contributed by atoms with Crippen LogP contribution in [0.25, 0.3) is 0 Å². The van der Waals surface area contributed by atoms with Gasteiger partial charge in [-0.2, -0.15) is 0 Å². The van der Waals surface area contributed by atoms with Gasteiger partial charge in [0.1, 0.15) is 0 Å². The Hall–Kier alpha value is -0.890. The molecule has 1 N–H and O–H groups in total. The van der Waals surface area contributed by atoms with Crippen molar-refractivity contribution < 1.29 is 5.11 Å². The molecule has 1 aromatic heterocycles.